The first-order valence-corrected chi connectivity index (χ1v) is 5.71. The van der Waals surface area contributed by atoms with E-state index in [4.69, 9.17) is 0 Å². The Morgan fingerprint density at radius 1 is 1.15 bits per heavy atom. The molecule has 2 aromatic rings. The standard InChI is InChI=1S/C13H12N4O3/c18-9-14-12-8-11(6-7-17(12)20)16-13(19)15-10-4-2-1-3-5-10/h1-9,20H,(H2,15,16,19). The maximum Gasteiger partial charge on any atom is 0.323 e. The van der Waals surface area contributed by atoms with Crippen LogP contribution in [0.2, 0.25) is 0 Å². The van der Waals surface area contributed by atoms with Gasteiger partial charge < -0.3 is 15.8 Å². The SMILES string of the molecule is O=CN=c1cc(NC(=O)Nc2ccccc2)ccn1O. The van der Waals surface area contributed by atoms with E-state index in [0.29, 0.717) is 22.5 Å². The number of hydrogen-bond donors (Lipinski definition) is 3. The Labute approximate surface area is 114 Å². The Balaban J connectivity index is 2.10. The van der Waals surface area contributed by atoms with Gasteiger partial charge >= 0.3 is 6.03 Å². The summed E-state index contributed by atoms with van der Waals surface area (Å²) in [7, 11) is 0. The van der Waals surface area contributed by atoms with Gasteiger partial charge in [-0.3, -0.25) is 4.79 Å². The summed E-state index contributed by atoms with van der Waals surface area (Å²) in [4.78, 5) is 25.5. The van der Waals surface area contributed by atoms with Crippen molar-refractivity contribution in [1.82, 2.24) is 4.73 Å². The van der Waals surface area contributed by atoms with E-state index < -0.39 is 6.03 Å². The van der Waals surface area contributed by atoms with E-state index >= 15 is 0 Å². The Morgan fingerprint density at radius 2 is 1.85 bits per heavy atom. The van der Waals surface area contributed by atoms with Crippen LogP contribution in [0.15, 0.2) is 53.7 Å². The number of carbonyl (C=O) groups is 2. The lowest BCUT2D eigenvalue weighted by Gasteiger charge is -2.08. The molecule has 3 amide bonds. The molecule has 0 spiro atoms. The smallest absolute Gasteiger partial charge is 0.323 e. The van der Waals surface area contributed by atoms with E-state index in [0.717, 1.165) is 0 Å². The van der Waals surface area contributed by atoms with Crippen molar-refractivity contribution >= 4 is 23.8 Å². The normalized spacial score (nSPS) is 10.9. The Bertz CT molecular complexity index is 680. The molecule has 0 aliphatic carbocycles. The molecule has 0 fully saturated rings. The maximum atomic E-state index is 11.7. The number of carbonyl (C=O) groups excluding carboxylic acids is 2. The van der Waals surface area contributed by atoms with Crippen LogP contribution in [0.25, 0.3) is 0 Å². The van der Waals surface area contributed by atoms with Gasteiger partial charge in [0, 0.05) is 23.6 Å². The second-order valence-corrected chi connectivity index (χ2v) is 3.80. The summed E-state index contributed by atoms with van der Waals surface area (Å²) < 4.78 is 0.675. The predicted octanol–water partition coefficient (Wildman–Crippen LogP) is 1.43. The first-order valence-electron chi connectivity index (χ1n) is 5.71. The minimum absolute atomic E-state index is 0.0116. The highest BCUT2D eigenvalue weighted by molar-refractivity contribution is 5.99. The third-order valence-electron chi connectivity index (χ3n) is 2.39. The van der Waals surface area contributed by atoms with Gasteiger partial charge in [0.05, 0.1) is 0 Å². The van der Waals surface area contributed by atoms with Crippen LogP contribution in [-0.4, -0.2) is 22.4 Å². The largest absolute Gasteiger partial charge is 0.427 e. The second kappa shape index (κ2) is 6.19. The molecule has 0 saturated carbocycles. The maximum absolute atomic E-state index is 11.7. The number of hydrogen-bond acceptors (Lipinski definition) is 3. The van der Waals surface area contributed by atoms with Gasteiger partial charge in [0.1, 0.15) is 0 Å². The molecular formula is C13H12N4O3. The van der Waals surface area contributed by atoms with Gasteiger partial charge in [0.2, 0.25) is 6.41 Å². The number of anilines is 2. The lowest BCUT2D eigenvalue weighted by Crippen LogP contribution is -2.23. The minimum atomic E-state index is -0.441. The highest BCUT2D eigenvalue weighted by atomic mass is 16.5. The van der Waals surface area contributed by atoms with Gasteiger partial charge in [0.25, 0.3) is 0 Å². The van der Waals surface area contributed by atoms with Gasteiger partial charge in [-0.2, -0.15) is 9.72 Å². The van der Waals surface area contributed by atoms with Crippen molar-refractivity contribution in [3.8, 4) is 0 Å². The topological polar surface area (TPSA) is 95.7 Å². The Morgan fingerprint density at radius 3 is 2.55 bits per heavy atom. The van der Waals surface area contributed by atoms with Gasteiger partial charge in [-0.15, -0.1) is 0 Å². The summed E-state index contributed by atoms with van der Waals surface area (Å²) in [6.45, 7) is 0. The Kier molecular flexibility index (Phi) is 4.13. The molecule has 1 heterocycles. The van der Waals surface area contributed by atoms with Gasteiger partial charge in [-0.1, -0.05) is 18.2 Å². The molecule has 20 heavy (non-hydrogen) atoms. The third kappa shape index (κ3) is 3.45. The van der Waals surface area contributed by atoms with E-state index in [-0.39, 0.29) is 5.49 Å². The molecule has 102 valence electrons. The summed E-state index contributed by atoms with van der Waals surface area (Å²) in [5.74, 6) is 0. The fourth-order valence-corrected chi connectivity index (χ4v) is 1.52. The average molecular weight is 272 g/mol. The number of nitrogens with one attached hydrogen (secondary N) is 2. The van der Waals surface area contributed by atoms with Crippen LogP contribution in [0.3, 0.4) is 0 Å². The molecule has 0 bridgehead atoms. The number of nitrogens with zero attached hydrogens (tertiary/aromatic N) is 2. The molecule has 1 aromatic carbocycles. The molecule has 0 unspecified atom stereocenters. The zero-order valence-corrected chi connectivity index (χ0v) is 10.4. The highest BCUT2D eigenvalue weighted by Crippen LogP contribution is 2.07. The molecule has 0 aliphatic rings. The lowest BCUT2D eigenvalue weighted by molar-refractivity contribution is -0.107. The summed E-state index contributed by atoms with van der Waals surface area (Å²) >= 11 is 0. The summed E-state index contributed by atoms with van der Waals surface area (Å²) in [5.41, 5.74) is 1.05. The van der Waals surface area contributed by atoms with Crippen LogP contribution in [0.1, 0.15) is 0 Å². The van der Waals surface area contributed by atoms with Crippen molar-refractivity contribution in [3.63, 3.8) is 0 Å². The average Bonchev–Trinajstić information content (AvgIpc) is 2.44. The van der Waals surface area contributed by atoms with Crippen LogP contribution in [-0.2, 0) is 4.79 Å². The molecule has 0 aliphatic heterocycles. The number of para-hydroxylation sites is 1. The second-order valence-electron chi connectivity index (χ2n) is 3.80. The Hall–Kier alpha value is -3.09. The van der Waals surface area contributed by atoms with Gasteiger partial charge in [-0.05, 0) is 18.2 Å². The van der Waals surface area contributed by atoms with Gasteiger partial charge in [-0.25, -0.2) is 4.79 Å². The molecule has 0 radical (unpaired) electrons. The minimum Gasteiger partial charge on any atom is -0.427 e. The van der Waals surface area contributed by atoms with Crippen molar-refractivity contribution in [3.05, 3.63) is 54.1 Å². The fraction of sp³-hybridized carbons (Fsp3) is 0. The van der Waals surface area contributed by atoms with Crippen LogP contribution < -0.4 is 16.1 Å². The van der Waals surface area contributed by atoms with Gasteiger partial charge in [0.15, 0.2) is 5.49 Å². The van der Waals surface area contributed by atoms with E-state index in [1.807, 2.05) is 6.07 Å². The zero-order valence-electron chi connectivity index (χ0n) is 10.4. The summed E-state index contributed by atoms with van der Waals surface area (Å²) in [6, 6.07) is 11.3. The predicted molar refractivity (Wildman–Crippen MR) is 72.3 cm³/mol. The van der Waals surface area contributed by atoms with Crippen molar-refractivity contribution in [2.24, 2.45) is 4.99 Å². The number of benzene rings is 1. The van der Waals surface area contributed by atoms with Crippen LogP contribution in [0.4, 0.5) is 16.2 Å². The van der Waals surface area contributed by atoms with E-state index in [1.54, 1.807) is 24.3 Å². The zero-order chi connectivity index (χ0) is 14.4. The van der Waals surface area contributed by atoms with E-state index in [2.05, 4.69) is 15.6 Å². The first kappa shape index (κ1) is 13.3. The molecule has 7 nitrogen and oxygen atoms in total. The number of urea groups is 1. The highest BCUT2D eigenvalue weighted by Gasteiger charge is 2.03. The third-order valence-corrected chi connectivity index (χ3v) is 2.39. The lowest BCUT2D eigenvalue weighted by atomic mass is 10.3. The molecule has 0 atom stereocenters. The number of aromatic nitrogens is 1. The molecule has 2 rings (SSSR count). The molecule has 0 saturated heterocycles. The quantitative estimate of drug-likeness (QED) is 0.582. The molecule has 1 aromatic heterocycles. The summed E-state index contributed by atoms with van der Waals surface area (Å²) in [6.07, 6.45) is 1.57. The van der Waals surface area contributed by atoms with Crippen LogP contribution >= 0.6 is 0 Å². The molecular weight excluding hydrogens is 260 g/mol. The summed E-state index contributed by atoms with van der Waals surface area (Å²) in [5, 5.41) is 14.6. The monoisotopic (exact) mass is 272 g/mol. The first-order chi connectivity index (χ1) is 9.69. The van der Waals surface area contributed by atoms with Crippen LogP contribution in [0, 0.1) is 0 Å². The number of rotatable bonds is 3. The van der Waals surface area contributed by atoms with E-state index in [9.17, 15) is 14.8 Å². The molecule has 7 heteroatoms. The van der Waals surface area contributed by atoms with Crippen molar-refractivity contribution in [1.29, 1.82) is 0 Å². The number of pyridine rings is 1. The fourth-order valence-electron chi connectivity index (χ4n) is 1.52. The van der Waals surface area contributed by atoms with Crippen molar-refractivity contribution < 1.29 is 14.8 Å². The van der Waals surface area contributed by atoms with Crippen molar-refractivity contribution in [2.45, 2.75) is 0 Å². The van der Waals surface area contributed by atoms with Crippen molar-refractivity contribution in [2.75, 3.05) is 10.6 Å². The molecule has 3 N–H and O–H groups in total. The number of amides is 3. The van der Waals surface area contributed by atoms with Crippen LogP contribution in [0.5, 0.6) is 0 Å². The van der Waals surface area contributed by atoms with E-state index in [1.165, 1.54) is 18.3 Å².